The number of hydrogen-bond donors (Lipinski definition) is 1. The molecule has 0 bridgehead atoms. The van der Waals surface area contributed by atoms with Crippen LogP contribution < -0.4 is 0 Å². The summed E-state index contributed by atoms with van der Waals surface area (Å²) in [6, 6.07) is 0. The number of aliphatic imine (C=N–C) groups is 1. The first-order valence-electron chi connectivity index (χ1n) is 2.49. The molecule has 2 heteroatoms. The number of aliphatic hydroxyl groups is 1. The van der Waals surface area contributed by atoms with E-state index in [1.165, 1.54) is 6.20 Å². The standard InChI is InChI=1S/C6H11NO/c1-5(2)7-4-6(3)8/h4,8H,1-3H3/b6-4+. The predicted molar refractivity (Wildman–Crippen MR) is 35.2 cm³/mol. The van der Waals surface area contributed by atoms with E-state index < -0.39 is 0 Å². The van der Waals surface area contributed by atoms with E-state index in [0.717, 1.165) is 5.71 Å². The van der Waals surface area contributed by atoms with E-state index in [2.05, 4.69) is 4.99 Å². The van der Waals surface area contributed by atoms with Gasteiger partial charge in [-0.3, -0.25) is 4.99 Å². The number of nitrogens with zero attached hydrogens (tertiary/aromatic N) is 1. The molecular formula is C6H11NO. The Morgan fingerprint density at radius 1 is 1.38 bits per heavy atom. The van der Waals surface area contributed by atoms with Crippen molar-refractivity contribution in [3.63, 3.8) is 0 Å². The van der Waals surface area contributed by atoms with Crippen molar-refractivity contribution < 1.29 is 5.11 Å². The van der Waals surface area contributed by atoms with Crippen molar-refractivity contribution in [1.29, 1.82) is 0 Å². The van der Waals surface area contributed by atoms with Gasteiger partial charge >= 0.3 is 0 Å². The smallest absolute Gasteiger partial charge is 0.107 e. The summed E-state index contributed by atoms with van der Waals surface area (Å²) in [5.74, 6) is 0.242. The van der Waals surface area contributed by atoms with Gasteiger partial charge < -0.3 is 5.11 Å². The predicted octanol–water partition coefficient (Wildman–Crippen LogP) is 1.89. The number of allylic oxidation sites excluding steroid dienone is 1. The number of rotatable bonds is 1. The van der Waals surface area contributed by atoms with Crippen molar-refractivity contribution in [3.05, 3.63) is 12.0 Å². The van der Waals surface area contributed by atoms with Crippen molar-refractivity contribution in [1.82, 2.24) is 0 Å². The second-order valence-electron chi connectivity index (χ2n) is 1.85. The summed E-state index contributed by atoms with van der Waals surface area (Å²) in [7, 11) is 0. The van der Waals surface area contributed by atoms with E-state index in [-0.39, 0.29) is 5.76 Å². The molecule has 0 amide bonds. The number of aliphatic hydroxyl groups excluding tert-OH is 1. The molecule has 0 rings (SSSR count). The summed E-state index contributed by atoms with van der Waals surface area (Å²) < 4.78 is 0. The zero-order chi connectivity index (χ0) is 6.57. The minimum absolute atomic E-state index is 0.242. The maximum Gasteiger partial charge on any atom is 0.107 e. The number of hydrogen-bond acceptors (Lipinski definition) is 2. The molecule has 0 atom stereocenters. The first-order valence-corrected chi connectivity index (χ1v) is 2.49. The highest BCUT2D eigenvalue weighted by Gasteiger charge is 1.74. The summed E-state index contributed by atoms with van der Waals surface area (Å²) in [5, 5.41) is 8.56. The second-order valence-corrected chi connectivity index (χ2v) is 1.85. The van der Waals surface area contributed by atoms with Crippen LogP contribution in [0.5, 0.6) is 0 Å². The van der Waals surface area contributed by atoms with Gasteiger partial charge in [0.1, 0.15) is 5.76 Å². The minimum Gasteiger partial charge on any atom is -0.511 e. The molecular weight excluding hydrogens is 102 g/mol. The fourth-order valence-corrected chi connectivity index (χ4v) is 0.223. The summed E-state index contributed by atoms with van der Waals surface area (Å²) in [6.07, 6.45) is 1.43. The van der Waals surface area contributed by atoms with Crippen LogP contribution in [0.4, 0.5) is 0 Å². The first-order chi connectivity index (χ1) is 3.63. The second kappa shape index (κ2) is 3.24. The van der Waals surface area contributed by atoms with Crippen molar-refractivity contribution in [2.24, 2.45) is 4.99 Å². The largest absolute Gasteiger partial charge is 0.511 e. The third-order valence-electron chi connectivity index (χ3n) is 0.510. The summed E-state index contributed by atoms with van der Waals surface area (Å²) in [6.45, 7) is 5.34. The summed E-state index contributed by atoms with van der Waals surface area (Å²) in [5.41, 5.74) is 0.943. The van der Waals surface area contributed by atoms with E-state index in [1.807, 2.05) is 13.8 Å². The Balaban J connectivity index is 3.76. The van der Waals surface area contributed by atoms with Gasteiger partial charge in [0.25, 0.3) is 0 Å². The van der Waals surface area contributed by atoms with E-state index in [9.17, 15) is 0 Å². The first kappa shape index (κ1) is 7.21. The fourth-order valence-electron chi connectivity index (χ4n) is 0.223. The van der Waals surface area contributed by atoms with Gasteiger partial charge in [0.15, 0.2) is 0 Å². The van der Waals surface area contributed by atoms with Crippen LogP contribution in [0, 0.1) is 0 Å². The average Bonchev–Trinajstić information content (AvgIpc) is 1.61. The van der Waals surface area contributed by atoms with Crippen molar-refractivity contribution in [2.75, 3.05) is 0 Å². The van der Waals surface area contributed by atoms with E-state index in [4.69, 9.17) is 5.11 Å². The molecule has 0 aliphatic rings. The zero-order valence-electron chi connectivity index (χ0n) is 5.47. The molecule has 0 aromatic carbocycles. The highest BCUT2D eigenvalue weighted by Crippen LogP contribution is 1.85. The molecule has 46 valence electrons. The maximum absolute atomic E-state index is 8.56. The Labute approximate surface area is 49.6 Å². The van der Waals surface area contributed by atoms with Gasteiger partial charge in [0.2, 0.25) is 0 Å². The molecule has 0 saturated carbocycles. The topological polar surface area (TPSA) is 32.6 Å². The molecule has 0 spiro atoms. The summed E-state index contributed by atoms with van der Waals surface area (Å²) >= 11 is 0. The van der Waals surface area contributed by atoms with Crippen LogP contribution in [-0.4, -0.2) is 10.8 Å². The monoisotopic (exact) mass is 113 g/mol. The highest BCUT2D eigenvalue weighted by atomic mass is 16.3. The van der Waals surface area contributed by atoms with Gasteiger partial charge in [-0.25, -0.2) is 0 Å². The third-order valence-corrected chi connectivity index (χ3v) is 0.510. The van der Waals surface area contributed by atoms with Crippen LogP contribution >= 0.6 is 0 Å². The zero-order valence-corrected chi connectivity index (χ0v) is 5.47. The SMILES string of the molecule is CC(C)=N/C=C(\C)O. The van der Waals surface area contributed by atoms with Crippen molar-refractivity contribution in [3.8, 4) is 0 Å². The van der Waals surface area contributed by atoms with Gasteiger partial charge in [-0.05, 0) is 20.8 Å². The van der Waals surface area contributed by atoms with Gasteiger partial charge in [-0.2, -0.15) is 0 Å². The van der Waals surface area contributed by atoms with E-state index in [1.54, 1.807) is 6.92 Å². The molecule has 0 unspecified atom stereocenters. The third kappa shape index (κ3) is 5.21. The molecule has 0 aromatic rings. The Morgan fingerprint density at radius 3 is 2.00 bits per heavy atom. The molecule has 2 nitrogen and oxygen atoms in total. The Kier molecular flexibility index (Phi) is 2.92. The molecule has 0 fully saturated rings. The van der Waals surface area contributed by atoms with Crippen molar-refractivity contribution >= 4 is 5.71 Å². The lowest BCUT2D eigenvalue weighted by Crippen LogP contribution is -1.77. The quantitative estimate of drug-likeness (QED) is 0.408. The molecule has 0 aliphatic carbocycles. The lowest BCUT2D eigenvalue weighted by Gasteiger charge is -1.83. The molecule has 0 aromatic heterocycles. The van der Waals surface area contributed by atoms with Gasteiger partial charge in [-0.1, -0.05) is 0 Å². The lowest BCUT2D eigenvalue weighted by atomic mass is 10.5. The van der Waals surface area contributed by atoms with Crippen molar-refractivity contribution in [2.45, 2.75) is 20.8 Å². The van der Waals surface area contributed by atoms with E-state index in [0.29, 0.717) is 0 Å². The molecule has 0 saturated heterocycles. The highest BCUT2D eigenvalue weighted by molar-refractivity contribution is 5.79. The van der Waals surface area contributed by atoms with Gasteiger partial charge in [0, 0.05) is 5.71 Å². The van der Waals surface area contributed by atoms with Crippen LogP contribution in [0.1, 0.15) is 20.8 Å². The van der Waals surface area contributed by atoms with Gasteiger partial charge in [0.05, 0.1) is 6.20 Å². The van der Waals surface area contributed by atoms with Gasteiger partial charge in [-0.15, -0.1) is 0 Å². The molecule has 8 heavy (non-hydrogen) atoms. The van der Waals surface area contributed by atoms with E-state index >= 15 is 0 Å². The van der Waals surface area contributed by atoms with Crippen LogP contribution in [0.2, 0.25) is 0 Å². The Bertz CT molecular complexity index is 100. The normalized spacial score (nSPS) is 11.1. The molecule has 1 N–H and O–H groups in total. The van der Waals surface area contributed by atoms with Crippen LogP contribution in [0.15, 0.2) is 17.0 Å². The summed E-state index contributed by atoms with van der Waals surface area (Å²) in [4.78, 5) is 3.83. The maximum atomic E-state index is 8.56. The fraction of sp³-hybridized carbons (Fsp3) is 0.500. The van der Waals surface area contributed by atoms with Crippen LogP contribution in [-0.2, 0) is 0 Å². The molecule has 0 radical (unpaired) electrons. The Morgan fingerprint density at radius 2 is 1.88 bits per heavy atom. The lowest BCUT2D eigenvalue weighted by molar-refractivity contribution is 0.412. The Hall–Kier alpha value is -0.790. The molecule has 0 aliphatic heterocycles. The average molecular weight is 113 g/mol. The van der Waals surface area contributed by atoms with Crippen LogP contribution in [0.25, 0.3) is 0 Å². The molecule has 0 heterocycles. The minimum atomic E-state index is 0.242. The van der Waals surface area contributed by atoms with Crippen LogP contribution in [0.3, 0.4) is 0 Å².